The van der Waals surface area contributed by atoms with Crippen molar-refractivity contribution in [2.75, 3.05) is 119 Å². The van der Waals surface area contributed by atoms with Gasteiger partial charge < -0.3 is 232 Å². The summed E-state index contributed by atoms with van der Waals surface area (Å²) in [7, 11) is 0. The molecular weight excluding hydrogens is 1620 g/mol. The molecule has 9 aliphatic heterocycles. The molecule has 119 heavy (non-hydrogen) atoms. The number of aliphatic hydroxyl groups excluding tert-OH is 36. The Morgan fingerprint density at radius 2 is 0.328 bits per heavy atom. The molecule has 47 heteroatoms. The number of unbranched alkanes of at least 4 members (excludes halogenated alkanes) is 14. The summed E-state index contributed by atoms with van der Waals surface area (Å²) in [6, 6.07) is 0. The first kappa shape index (κ1) is 117. The summed E-state index contributed by atoms with van der Waals surface area (Å²) in [5.41, 5.74) is 0. The zero-order valence-electron chi connectivity index (χ0n) is 67.0. The summed E-state index contributed by atoms with van der Waals surface area (Å²) in [5, 5.41) is 328. The van der Waals surface area contributed by atoms with Crippen LogP contribution in [0.2, 0.25) is 0 Å². The van der Waals surface area contributed by atoms with Crippen molar-refractivity contribution in [1.29, 1.82) is 0 Å². The van der Waals surface area contributed by atoms with Gasteiger partial charge in [0.2, 0.25) is 0 Å². The molecule has 9 rings (SSSR count). The van der Waals surface area contributed by atoms with Crippen LogP contribution in [0, 0.1) is 0 Å². The van der Waals surface area contributed by atoms with Gasteiger partial charge in [0.25, 0.3) is 0 Å². The molecule has 47 nitrogen and oxygen atoms in total. The number of aliphatic hydroxyl groups is 36. The lowest BCUT2D eigenvalue weighted by Gasteiger charge is -2.18. The van der Waals surface area contributed by atoms with E-state index in [0.717, 1.165) is 12.8 Å². The number of carboxylic acid groups (broad SMARTS) is 1. The number of hydrogen-bond acceptors (Lipinski definition) is 46. The Morgan fingerprint density at radius 3 is 0.412 bits per heavy atom. The first-order valence-electron chi connectivity index (χ1n) is 39.9. The molecule has 0 saturated carbocycles. The molecule has 9 fully saturated rings. The average molecular weight is 1760 g/mol. The molecule has 9 heterocycles. The van der Waals surface area contributed by atoms with Crippen LogP contribution < -0.4 is 0 Å². The predicted octanol–water partition coefficient (Wildman–Crippen LogP) is -16.5. The van der Waals surface area contributed by atoms with Gasteiger partial charge in [0.05, 0.1) is 119 Å². The number of carboxylic acids is 1. The van der Waals surface area contributed by atoms with Gasteiger partial charge in [-0.2, -0.15) is 0 Å². The van der Waals surface area contributed by atoms with Crippen LogP contribution in [-0.4, -0.2) is 534 Å². The summed E-state index contributed by atoms with van der Waals surface area (Å²) in [6.07, 6.45) is -16.2. The van der Waals surface area contributed by atoms with Gasteiger partial charge in [-0.3, -0.25) is 4.79 Å². The van der Waals surface area contributed by atoms with E-state index in [9.17, 15) is 4.79 Å². The van der Waals surface area contributed by atoms with E-state index < -0.39 is 285 Å². The molecule has 0 bridgehead atoms. The van der Waals surface area contributed by atoms with Crippen molar-refractivity contribution < 1.29 is 236 Å². The fourth-order valence-electron chi connectivity index (χ4n) is 12.3. The summed E-state index contributed by atoms with van der Waals surface area (Å²) in [4.78, 5) is 10.3. The minimum absolute atomic E-state index is 0.00287. The van der Waals surface area contributed by atoms with E-state index in [1.165, 1.54) is 83.5 Å². The molecule has 0 aromatic heterocycles. The molecule has 9 aliphatic rings. The molecular formula is C72H144O47. The van der Waals surface area contributed by atoms with Crippen molar-refractivity contribution in [2.45, 2.75) is 329 Å². The lowest BCUT2D eigenvalue weighted by molar-refractivity contribution is -0.137. The Hall–Kier alpha value is -2.33. The van der Waals surface area contributed by atoms with Gasteiger partial charge in [-0.15, -0.1) is 0 Å². The van der Waals surface area contributed by atoms with Crippen molar-refractivity contribution in [2.24, 2.45) is 0 Å². The second-order valence-electron chi connectivity index (χ2n) is 29.5. The van der Waals surface area contributed by atoms with Gasteiger partial charge in [0, 0.05) is 6.42 Å². The molecule has 0 aromatic carbocycles. The highest BCUT2D eigenvalue weighted by Crippen LogP contribution is 2.25. The van der Waals surface area contributed by atoms with Crippen LogP contribution in [0.3, 0.4) is 0 Å². The maximum Gasteiger partial charge on any atom is 0.303 e. The van der Waals surface area contributed by atoms with Crippen LogP contribution in [0.15, 0.2) is 0 Å². The van der Waals surface area contributed by atoms with E-state index in [2.05, 4.69) is 6.92 Å². The molecule has 0 aromatic rings. The van der Waals surface area contributed by atoms with E-state index >= 15 is 0 Å². The Kier molecular flexibility index (Phi) is 64.8. The van der Waals surface area contributed by atoms with Gasteiger partial charge in [0.1, 0.15) is 220 Å². The second kappa shape index (κ2) is 66.1. The lowest BCUT2D eigenvalue weighted by Crippen LogP contribution is -2.40. The fraction of sp³-hybridized carbons (Fsp3) is 0.986. The summed E-state index contributed by atoms with van der Waals surface area (Å²) >= 11 is 0. The second-order valence-corrected chi connectivity index (χ2v) is 29.5. The van der Waals surface area contributed by atoms with Gasteiger partial charge in [0.15, 0.2) is 0 Å². The van der Waals surface area contributed by atoms with E-state index in [4.69, 9.17) is 232 Å². The third-order valence-corrected chi connectivity index (χ3v) is 19.8. The summed E-state index contributed by atoms with van der Waals surface area (Å²) < 4.78 is 43.4. The normalized spacial score (nSPS) is 35.9. The smallest absolute Gasteiger partial charge is 0.303 e. The average Bonchev–Trinajstić information content (AvgIpc) is 1.81. The van der Waals surface area contributed by atoms with Gasteiger partial charge in [-0.1, -0.05) is 96.8 Å². The van der Waals surface area contributed by atoms with E-state index in [-0.39, 0.29) is 59.5 Å². The highest BCUT2D eigenvalue weighted by atomic mass is 16.6. The van der Waals surface area contributed by atoms with E-state index in [0.29, 0.717) is 6.42 Å². The van der Waals surface area contributed by atoms with E-state index in [1.807, 2.05) is 0 Å². The van der Waals surface area contributed by atoms with Crippen molar-refractivity contribution in [3.63, 3.8) is 0 Å². The Balaban J connectivity index is 0.00000131. The van der Waals surface area contributed by atoms with Gasteiger partial charge in [-0.25, -0.2) is 0 Å². The summed E-state index contributed by atoms with van der Waals surface area (Å²) in [5.74, 6) is -0.653. The lowest BCUT2D eigenvalue weighted by atomic mass is 10.0. The number of hydrogen-bond donors (Lipinski definition) is 37. The third-order valence-electron chi connectivity index (χ3n) is 19.8. The Morgan fingerprint density at radius 1 is 0.218 bits per heavy atom. The number of carbonyl (C=O) groups is 1. The number of rotatable bonds is 34. The largest absolute Gasteiger partial charge is 0.481 e. The first-order valence-corrected chi connectivity index (χ1v) is 39.9. The maximum atomic E-state index is 10.3. The quantitative estimate of drug-likeness (QED) is 0.0266. The molecule has 36 atom stereocenters. The minimum atomic E-state index is -1.12. The highest BCUT2D eigenvalue weighted by Gasteiger charge is 2.46. The zero-order valence-corrected chi connectivity index (χ0v) is 67.0. The number of ether oxygens (including phenoxy) is 9. The molecule has 37 N–H and O–H groups in total. The zero-order chi connectivity index (χ0) is 90.8. The maximum absolute atomic E-state index is 10.3. The highest BCUT2D eigenvalue weighted by molar-refractivity contribution is 5.66. The minimum Gasteiger partial charge on any atom is -0.481 e. The van der Waals surface area contributed by atoms with E-state index in [1.54, 1.807) is 0 Å². The van der Waals surface area contributed by atoms with Crippen molar-refractivity contribution in [3.05, 3.63) is 0 Å². The predicted molar refractivity (Wildman–Crippen MR) is 401 cm³/mol. The Bertz CT molecular complexity index is 1970. The topological polar surface area (TPSA) is 849 Å². The molecule has 714 valence electrons. The SMILES string of the molecule is CCCCCCCCCCCCCCCCCC(=O)O.OC[C@@H](O)[C@H]1OC[C@H](O)[C@H]1O.OC[C@@H](O)[C@H]1OC[C@H](O)[C@H]1O.OC[C@@H](O)[C@H]1OC[C@H](O)[C@H]1O.OC[C@@H](O)[C@H]1OC[C@H](O)[C@H]1O.OC[C@@H](O)[C@H]1OC[C@H](O)[C@H]1O.OC[C@@H](O)[C@H]1OC[C@H](O)[C@H]1O.OC[C@@H](O)[C@H]1OC[C@H](O)[C@H]1O.OC[C@@H](O)[C@H]1OC[C@H](O)[C@H]1O.OC[C@@H](O)[C@H]1OC[C@H](O)[C@H]1O. The van der Waals surface area contributed by atoms with Crippen molar-refractivity contribution >= 4 is 5.97 Å². The van der Waals surface area contributed by atoms with Gasteiger partial charge >= 0.3 is 5.97 Å². The van der Waals surface area contributed by atoms with Gasteiger partial charge in [-0.05, 0) is 6.42 Å². The Labute approximate surface area is 688 Å². The standard InChI is InChI=1S/C18H36O2.9C6H12O5/c1-2-3-4-5-6-7-8-9-10-11-12-13-14-15-16-17-18(19)20;9*7-1-3(8)6-5(10)4(9)2-11-6/h2-17H2,1H3,(H,19,20);9*3-10H,1-2H2/t;9*3-,4+,5-,6-/m.111111111/s1. The summed E-state index contributed by atoms with van der Waals surface area (Å²) in [6.45, 7) is -2.00. The molecule has 0 spiro atoms. The van der Waals surface area contributed by atoms with Crippen molar-refractivity contribution in [1.82, 2.24) is 0 Å². The monoisotopic (exact) mass is 1760 g/mol. The first-order chi connectivity index (χ1) is 56.2. The van der Waals surface area contributed by atoms with Crippen LogP contribution in [0.4, 0.5) is 0 Å². The van der Waals surface area contributed by atoms with Crippen LogP contribution in [0.1, 0.15) is 110 Å². The molecule has 0 unspecified atom stereocenters. The fourth-order valence-corrected chi connectivity index (χ4v) is 12.3. The van der Waals surface area contributed by atoms with Crippen LogP contribution >= 0.6 is 0 Å². The molecule has 0 radical (unpaired) electrons. The molecule has 9 saturated heterocycles. The third kappa shape index (κ3) is 43.4. The van der Waals surface area contributed by atoms with Crippen molar-refractivity contribution in [3.8, 4) is 0 Å². The van der Waals surface area contributed by atoms with Crippen LogP contribution in [0.25, 0.3) is 0 Å². The molecule has 0 amide bonds. The number of aliphatic carboxylic acids is 1. The molecule has 0 aliphatic carbocycles. The van der Waals surface area contributed by atoms with Crippen LogP contribution in [0.5, 0.6) is 0 Å². The van der Waals surface area contributed by atoms with Crippen LogP contribution in [-0.2, 0) is 47.4 Å².